The maximum absolute atomic E-state index is 13.8. The Labute approximate surface area is 122 Å². The van der Waals surface area contributed by atoms with E-state index >= 15 is 0 Å². The van der Waals surface area contributed by atoms with Crippen LogP contribution in [-0.2, 0) is 0 Å². The summed E-state index contributed by atoms with van der Waals surface area (Å²) in [6, 6.07) is 13.2. The molecule has 1 N–H and O–H groups in total. The van der Waals surface area contributed by atoms with Crippen molar-refractivity contribution in [2.45, 2.75) is 12.5 Å². The zero-order chi connectivity index (χ0) is 14.7. The standard InChI is InChI=1S/C17H17F2NO/c18-14-6-7-16(15(19)10-14)21-17(13-8-9-20-11-13)12-4-2-1-3-5-12/h1-7,10,13,17,20H,8-9,11H2/t13-,17-/m0/s1. The van der Waals surface area contributed by atoms with Gasteiger partial charge in [0.1, 0.15) is 11.9 Å². The van der Waals surface area contributed by atoms with Crippen molar-refractivity contribution in [2.24, 2.45) is 5.92 Å². The Bertz CT molecular complexity index is 597. The largest absolute Gasteiger partial charge is 0.482 e. The number of hydrogen-bond donors (Lipinski definition) is 1. The SMILES string of the molecule is Fc1ccc(O[C@@H](c2ccccc2)[C@H]2CCNC2)c(F)c1. The van der Waals surface area contributed by atoms with Crippen LogP contribution in [0.2, 0.25) is 0 Å². The minimum Gasteiger partial charge on any atom is -0.482 e. The second-order valence-electron chi connectivity index (χ2n) is 5.28. The highest BCUT2D eigenvalue weighted by Gasteiger charge is 2.28. The Morgan fingerprint density at radius 3 is 2.57 bits per heavy atom. The summed E-state index contributed by atoms with van der Waals surface area (Å²) in [4.78, 5) is 0. The van der Waals surface area contributed by atoms with Gasteiger partial charge in [-0.2, -0.15) is 0 Å². The first kappa shape index (κ1) is 14.0. The molecule has 1 aliphatic heterocycles. The number of nitrogens with one attached hydrogen (secondary N) is 1. The summed E-state index contributed by atoms with van der Waals surface area (Å²) in [5.74, 6) is -0.894. The van der Waals surface area contributed by atoms with Crippen molar-refractivity contribution in [3.05, 3.63) is 65.7 Å². The quantitative estimate of drug-likeness (QED) is 0.926. The fraction of sp³-hybridized carbons (Fsp3) is 0.294. The molecule has 21 heavy (non-hydrogen) atoms. The van der Waals surface area contributed by atoms with Crippen molar-refractivity contribution in [1.82, 2.24) is 5.32 Å². The molecule has 0 spiro atoms. The molecule has 0 bridgehead atoms. The highest BCUT2D eigenvalue weighted by Crippen LogP contribution is 2.33. The Morgan fingerprint density at radius 2 is 1.90 bits per heavy atom. The molecule has 4 heteroatoms. The molecule has 1 aliphatic rings. The zero-order valence-electron chi connectivity index (χ0n) is 11.6. The number of halogens is 2. The maximum atomic E-state index is 13.8. The summed E-state index contributed by atoms with van der Waals surface area (Å²) in [5, 5.41) is 3.30. The summed E-state index contributed by atoms with van der Waals surface area (Å²) in [5.41, 5.74) is 1.01. The predicted octanol–water partition coefficient (Wildman–Crippen LogP) is 3.69. The Kier molecular flexibility index (Phi) is 4.15. The van der Waals surface area contributed by atoms with Crippen LogP contribution < -0.4 is 10.1 Å². The number of hydrogen-bond acceptors (Lipinski definition) is 2. The van der Waals surface area contributed by atoms with Crippen LogP contribution in [0.3, 0.4) is 0 Å². The third-order valence-electron chi connectivity index (χ3n) is 3.80. The lowest BCUT2D eigenvalue weighted by molar-refractivity contribution is 0.138. The average molecular weight is 289 g/mol. The van der Waals surface area contributed by atoms with E-state index in [4.69, 9.17) is 4.74 Å². The van der Waals surface area contributed by atoms with Crippen LogP contribution in [0.4, 0.5) is 8.78 Å². The van der Waals surface area contributed by atoms with Crippen molar-refractivity contribution in [1.29, 1.82) is 0 Å². The molecule has 0 saturated carbocycles. The van der Waals surface area contributed by atoms with Gasteiger partial charge in [0, 0.05) is 18.5 Å². The topological polar surface area (TPSA) is 21.3 Å². The molecule has 2 atom stereocenters. The number of rotatable bonds is 4. The Balaban J connectivity index is 1.88. The third kappa shape index (κ3) is 3.22. The van der Waals surface area contributed by atoms with Crippen LogP contribution in [-0.4, -0.2) is 13.1 Å². The van der Waals surface area contributed by atoms with Crippen molar-refractivity contribution in [2.75, 3.05) is 13.1 Å². The normalized spacial score (nSPS) is 19.4. The average Bonchev–Trinajstić information content (AvgIpc) is 3.01. The van der Waals surface area contributed by atoms with E-state index in [-0.39, 0.29) is 17.8 Å². The van der Waals surface area contributed by atoms with Crippen LogP contribution in [0.5, 0.6) is 5.75 Å². The van der Waals surface area contributed by atoms with Gasteiger partial charge >= 0.3 is 0 Å². The van der Waals surface area contributed by atoms with E-state index in [9.17, 15) is 8.78 Å². The molecular weight excluding hydrogens is 272 g/mol. The van der Waals surface area contributed by atoms with Crippen molar-refractivity contribution >= 4 is 0 Å². The molecule has 0 unspecified atom stereocenters. The van der Waals surface area contributed by atoms with Crippen LogP contribution in [0.15, 0.2) is 48.5 Å². The maximum Gasteiger partial charge on any atom is 0.168 e. The monoisotopic (exact) mass is 289 g/mol. The molecule has 0 radical (unpaired) electrons. The predicted molar refractivity (Wildman–Crippen MR) is 77.1 cm³/mol. The van der Waals surface area contributed by atoms with Gasteiger partial charge in [0.2, 0.25) is 0 Å². The van der Waals surface area contributed by atoms with Gasteiger partial charge in [-0.15, -0.1) is 0 Å². The zero-order valence-corrected chi connectivity index (χ0v) is 11.6. The van der Waals surface area contributed by atoms with E-state index in [0.29, 0.717) is 0 Å². The van der Waals surface area contributed by atoms with E-state index < -0.39 is 11.6 Å². The smallest absolute Gasteiger partial charge is 0.168 e. The van der Waals surface area contributed by atoms with Crippen LogP contribution in [0, 0.1) is 17.6 Å². The first-order valence-electron chi connectivity index (χ1n) is 7.11. The second-order valence-corrected chi connectivity index (χ2v) is 5.28. The fourth-order valence-electron chi connectivity index (χ4n) is 2.72. The van der Waals surface area contributed by atoms with E-state index in [1.807, 2.05) is 30.3 Å². The van der Waals surface area contributed by atoms with Crippen molar-refractivity contribution < 1.29 is 13.5 Å². The second kappa shape index (κ2) is 6.22. The lowest BCUT2D eigenvalue weighted by Gasteiger charge is -2.25. The summed E-state index contributed by atoms with van der Waals surface area (Å²) >= 11 is 0. The molecule has 1 fully saturated rings. The van der Waals surface area contributed by atoms with Crippen molar-refractivity contribution in [3.8, 4) is 5.75 Å². The van der Waals surface area contributed by atoms with E-state index in [2.05, 4.69) is 5.32 Å². The molecule has 0 amide bonds. The van der Waals surface area contributed by atoms with Gasteiger partial charge in [0.15, 0.2) is 11.6 Å². The fourth-order valence-corrected chi connectivity index (χ4v) is 2.72. The van der Waals surface area contributed by atoms with Gasteiger partial charge < -0.3 is 10.1 Å². The van der Waals surface area contributed by atoms with Crippen LogP contribution in [0.25, 0.3) is 0 Å². The van der Waals surface area contributed by atoms with Crippen LogP contribution in [0.1, 0.15) is 18.1 Å². The van der Waals surface area contributed by atoms with Gasteiger partial charge in [-0.1, -0.05) is 30.3 Å². The summed E-state index contributed by atoms with van der Waals surface area (Å²) in [6.45, 7) is 1.77. The van der Waals surface area contributed by atoms with Gasteiger partial charge in [0.05, 0.1) is 0 Å². The molecule has 2 aromatic rings. The molecule has 2 nitrogen and oxygen atoms in total. The molecule has 1 saturated heterocycles. The molecule has 110 valence electrons. The first-order chi connectivity index (χ1) is 10.2. The van der Waals surface area contributed by atoms with Gasteiger partial charge in [0.25, 0.3) is 0 Å². The highest BCUT2D eigenvalue weighted by atomic mass is 19.1. The molecule has 2 aromatic carbocycles. The lowest BCUT2D eigenvalue weighted by atomic mass is 9.95. The lowest BCUT2D eigenvalue weighted by Crippen LogP contribution is -2.21. The van der Waals surface area contributed by atoms with Gasteiger partial charge in [-0.25, -0.2) is 8.78 Å². The van der Waals surface area contributed by atoms with Gasteiger partial charge in [-0.05, 0) is 30.7 Å². The molecule has 3 rings (SSSR count). The molecule has 0 aliphatic carbocycles. The number of benzene rings is 2. The Hall–Kier alpha value is -1.94. The van der Waals surface area contributed by atoms with E-state index in [1.165, 1.54) is 12.1 Å². The first-order valence-corrected chi connectivity index (χ1v) is 7.11. The van der Waals surface area contributed by atoms with E-state index in [0.717, 1.165) is 31.1 Å². The summed E-state index contributed by atoms with van der Waals surface area (Å²) in [6.07, 6.45) is 0.740. The molecule has 0 aromatic heterocycles. The number of ether oxygens (including phenoxy) is 1. The minimum absolute atomic E-state index is 0.0946. The minimum atomic E-state index is -0.665. The summed E-state index contributed by atoms with van der Waals surface area (Å²) in [7, 11) is 0. The van der Waals surface area contributed by atoms with E-state index in [1.54, 1.807) is 0 Å². The molecule has 1 heterocycles. The van der Waals surface area contributed by atoms with Crippen LogP contribution >= 0.6 is 0 Å². The van der Waals surface area contributed by atoms with Crippen molar-refractivity contribution in [3.63, 3.8) is 0 Å². The summed E-state index contributed by atoms with van der Waals surface area (Å²) < 4.78 is 32.7. The Morgan fingerprint density at radius 1 is 1.10 bits per heavy atom. The van der Waals surface area contributed by atoms with Gasteiger partial charge in [-0.3, -0.25) is 0 Å². The molecular formula is C17H17F2NO. The highest BCUT2D eigenvalue weighted by molar-refractivity contribution is 5.27. The third-order valence-corrected chi connectivity index (χ3v) is 3.80.